The maximum absolute atomic E-state index is 12.4. The molecule has 1 heterocycles. The number of carbonyl (C=O) groups excluding carboxylic acids is 2. The van der Waals surface area contributed by atoms with Crippen molar-refractivity contribution in [3.05, 3.63) is 29.8 Å². The molecule has 0 saturated carbocycles. The zero-order valence-electron chi connectivity index (χ0n) is 13.7. The van der Waals surface area contributed by atoms with Crippen LogP contribution >= 0.6 is 0 Å². The number of carboxylic acid groups (broad SMARTS) is 1. The predicted octanol–water partition coefficient (Wildman–Crippen LogP) is 1.83. The van der Waals surface area contributed by atoms with Crippen LogP contribution in [0.5, 0.6) is 0 Å². The lowest BCUT2D eigenvalue weighted by Gasteiger charge is -2.18. The molecule has 2 rings (SSSR count). The van der Waals surface area contributed by atoms with E-state index in [0.29, 0.717) is 5.69 Å². The van der Waals surface area contributed by atoms with Gasteiger partial charge in [-0.1, -0.05) is 19.1 Å². The van der Waals surface area contributed by atoms with Crippen molar-refractivity contribution in [1.29, 1.82) is 0 Å². The topological polar surface area (TPSA) is 86.7 Å². The monoisotopic (exact) mass is 354 g/mol. The third-order valence-electron chi connectivity index (χ3n) is 4.18. The summed E-state index contributed by atoms with van der Waals surface area (Å²) < 4.78 is 24.8. The number of nitrogens with one attached hydrogen (secondary N) is 1. The molecular weight excluding hydrogens is 334 g/mol. The van der Waals surface area contributed by atoms with Crippen LogP contribution in [0.3, 0.4) is 0 Å². The van der Waals surface area contributed by atoms with Crippen LogP contribution in [-0.4, -0.2) is 41.9 Å². The highest BCUT2D eigenvalue weighted by Crippen LogP contribution is 2.26. The van der Waals surface area contributed by atoms with Crippen LogP contribution in [0.25, 0.3) is 0 Å². The fraction of sp³-hybridized carbons (Fsp3) is 0.471. The molecule has 1 aliphatic rings. The summed E-state index contributed by atoms with van der Waals surface area (Å²) in [6, 6.07) is 5.68. The molecule has 0 aliphatic carbocycles. The van der Waals surface area contributed by atoms with Crippen LogP contribution in [0.2, 0.25) is 0 Å². The smallest absolute Gasteiger partial charge is 0.326 e. The third-order valence-corrected chi connectivity index (χ3v) is 4.18. The maximum Gasteiger partial charge on any atom is 0.326 e. The predicted molar refractivity (Wildman–Crippen MR) is 86.5 cm³/mol. The van der Waals surface area contributed by atoms with E-state index in [2.05, 4.69) is 5.32 Å². The molecule has 2 amide bonds. The number of carboxylic acids is 1. The van der Waals surface area contributed by atoms with E-state index >= 15 is 0 Å². The first-order valence-corrected chi connectivity index (χ1v) is 8.02. The Labute approximate surface area is 143 Å². The van der Waals surface area contributed by atoms with Crippen LogP contribution < -0.4 is 10.2 Å². The van der Waals surface area contributed by atoms with Gasteiger partial charge in [0.2, 0.25) is 18.2 Å². The summed E-state index contributed by atoms with van der Waals surface area (Å²) in [6.07, 6.45) is -3.04. The van der Waals surface area contributed by atoms with Crippen molar-refractivity contribution in [2.24, 2.45) is 5.92 Å². The lowest BCUT2D eigenvalue weighted by Crippen LogP contribution is -2.45. The molecule has 1 saturated heterocycles. The first-order valence-electron chi connectivity index (χ1n) is 8.02. The Morgan fingerprint density at radius 3 is 2.48 bits per heavy atom. The van der Waals surface area contributed by atoms with Crippen molar-refractivity contribution in [2.45, 2.75) is 38.7 Å². The molecule has 136 valence electrons. The number of anilines is 1. The van der Waals surface area contributed by atoms with E-state index in [-0.39, 0.29) is 18.9 Å². The second-order valence-electron chi connectivity index (χ2n) is 5.95. The SMILES string of the molecule is CCc1ccc(N2CC(C(=O)NC(CC(F)F)C(=O)O)CC2=O)cc1. The van der Waals surface area contributed by atoms with Gasteiger partial charge in [0.1, 0.15) is 6.04 Å². The van der Waals surface area contributed by atoms with Gasteiger partial charge < -0.3 is 15.3 Å². The molecule has 8 heteroatoms. The van der Waals surface area contributed by atoms with Gasteiger partial charge in [0.15, 0.2) is 0 Å². The highest BCUT2D eigenvalue weighted by molar-refractivity contribution is 6.00. The van der Waals surface area contributed by atoms with E-state index in [4.69, 9.17) is 5.11 Å². The number of alkyl halides is 2. The Hall–Kier alpha value is -2.51. The molecule has 2 N–H and O–H groups in total. The first-order chi connectivity index (χ1) is 11.8. The first kappa shape index (κ1) is 18.8. The van der Waals surface area contributed by atoms with Crippen LogP contribution in [-0.2, 0) is 20.8 Å². The molecule has 1 aromatic rings. The molecular formula is C17H20F2N2O4. The number of halogens is 2. The fourth-order valence-corrected chi connectivity index (χ4v) is 2.73. The van der Waals surface area contributed by atoms with E-state index in [1.54, 1.807) is 12.1 Å². The largest absolute Gasteiger partial charge is 0.480 e. The summed E-state index contributed by atoms with van der Waals surface area (Å²) in [5, 5.41) is 11.0. The van der Waals surface area contributed by atoms with Crippen molar-refractivity contribution in [3.63, 3.8) is 0 Å². The van der Waals surface area contributed by atoms with E-state index in [9.17, 15) is 23.2 Å². The Balaban J connectivity index is 2.02. The summed E-state index contributed by atoms with van der Waals surface area (Å²) in [5.41, 5.74) is 1.76. The van der Waals surface area contributed by atoms with E-state index in [0.717, 1.165) is 12.0 Å². The van der Waals surface area contributed by atoms with Gasteiger partial charge in [-0.25, -0.2) is 13.6 Å². The van der Waals surface area contributed by atoms with Gasteiger partial charge in [0.25, 0.3) is 0 Å². The fourth-order valence-electron chi connectivity index (χ4n) is 2.73. The van der Waals surface area contributed by atoms with Gasteiger partial charge in [0, 0.05) is 25.1 Å². The minimum absolute atomic E-state index is 0.0810. The van der Waals surface area contributed by atoms with Gasteiger partial charge in [-0.2, -0.15) is 0 Å². The van der Waals surface area contributed by atoms with E-state index in [1.807, 2.05) is 19.1 Å². The van der Waals surface area contributed by atoms with Crippen LogP contribution in [0.4, 0.5) is 14.5 Å². The molecule has 2 unspecified atom stereocenters. The maximum atomic E-state index is 12.4. The number of hydrogen-bond acceptors (Lipinski definition) is 3. The van der Waals surface area contributed by atoms with Crippen molar-refractivity contribution in [1.82, 2.24) is 5.32 Å². The Morgan fingerprint density at radius 2 is 1.96 bits per heavy atom. The molecule has 0 bridgehead atoms. The number of aryl methyl sites for hydroxylation is 1. The molecule has 25 heavy (non-hydrogen) atoms. The molecule has 1 fully saturated rings. The van der Waals surface area contributed by atoms with Gasteiger partial charge >= 0.3 is 5.97 Å². The summed E-state index contributed by atoms with van der Waals surface area (Å²) >= 11 is 0. The molecule has 0 aromatic heterocycles. The number of amides is 2. The van der Waals surface area contributed by atoms with Gasteiger partial charge in [-0.3, -0.25) is 9.59 Å². The highest BCUT2D eigenvalue weighted by Gasteiger charge is 2.37. The lowest BCUT2D eigenvalue weighted by molar-refractivity contribution is -0.143. The van der Waals surface area contributed by atoms with E-state index in [1.165, 1.54) is 4.90 Å². The average Bonchev–Trinajstić information content (AvgIpc) is 2.95. The third kappa shape index (κ3) is 4.74. The summed E-state index contributed by atoms with van der Waals surface area (Å²) in [7, 11) is 0. The molecule has 1 aromatic carbocycles. The molecule has 1 aliphatic heterocycles. The number of nitrogens with zero attached hydrogens (tertiary/aromatic N) is 1. The van der Waals surface area contributed by atoms with Crippen LogP contribution in [0, 0.1) is 5.92 Å². The van der Waals surface area contributed by atoms with Crippen molar-refractivity contribution >= 4 is 23.5 Å². The quantitative estimate of drug-likeness (QED) is 0.782. The highest BCUT2D eigenvalue weighted by atomic mass is 19.3. The van der Waals surface area contributed by atoms with Crippen LogP contribution in [0.1, 0.15) is 25.3 Å². The zero-order valence-corrected chi connectivity index (χ0v) is 13.7. The number of carbonyl (C=O) groups is 3. The van der Waals surface area contributed by atoms with Gasteiger partial charge in [0.05, 0.1) is 5.92 Å². The number of rotatable bonds is 7. The normalized spacial score (nSPS) is 18.5. The minimum Gasteiger partial charge on any atom is -0.480 e. The zero-order chi connectivity index (χ0) is 18.6. The summed E-state index contributed by atoms with van der Waals surface area (Å²) in [6.45, 7) is 2.10. The Bertz CT molecular complexity index is 649. The standard InChI is InChI=1S/C17H20F2N2O4/c1-2-10-3-5-12(6-4-10)21-9-11(7-15(21)22)16(23)20-13(17(24)25)8-14(18)19/h3-6,11,13-14H,2,7-9H2,1H3,(H,20,23)(H,24,25). The Morgan fingerprint density at radius 1 is 1.32 bits per heavy atom. The summed E-state index contributed by atoms with van der Waals surface area (Å²) in [4.78, 5) is 36.7. The number of aliphatic carboxylic acids is 1. The number of hydrogen-bond donors (Lipinski definition) is 2. The van der Waals surface area contributed by atoms with Gasteiger partial charge in [-0.05, 0) is 24.1 Å². The number of benzene rings is 1. The lowest BCUT2D eigenvalue weighted by atomic mass is 10.1. The minimum atomic E-state index is -2.85. The second kappa shape index (κ2) is 8.04. The average molecular weight is 354 g/mol. The molecule has 0 radical (unpaired) electrons. The molecule has 2 atom stereocenters. The van der Waals surface area contributed by atoms with Crippen molar-refractivity contribution in [3.8, 4) is 0 Å². The second-order valence-corrected chi connectivity index (χ2v) is 5.95. The molecule has 6 nitrogen and oxygen atoms in total. The van der Waals surface area contributed by atoms with Crippen molar-refractivity contribution < 1.29 is 28.3 Å². The van der Waals surface area contributed by atoms with Crippen molar-refractivity contribution in [2.75, 3.05) is 11.4 Å². The summed E-state index contributed by atoms with van der Waals surface area (Å²) in [5.74, 6) is -3.25. The van der Waals surface area contributed by atoms with E-state index < -0.39 is 36.7 Å². The molecule has 0 spiro atoms. The van der Waals surface area contributed by atoms with Crippen LogP contribution in [0.15, 0.2) is 24.3 Å². The van der Waals surface area contributed by atoms with Gasteiger partial charge in [-0.15, -0.1) is 0 Å². The Kier molecular flexibility index (Phi) is 6.06.